The molecule has 68 valence electrons. The van der Waals surface area contributed by atoms with Gasteiger partial charge in [-0.05, 0) is 13.8 Å². The van der Waals surface area contributed by atoms with Crippen molar-refractivity contribution in [1.29, 1.82) is 0 Å². The van der Waals surface area contributed by atoms with Crippen molar-refractivity contribution in [3.8, 4) is 0 Å². The van der Waals surface area contributed by atoms with Crippen LogP contribution in [-0.4, -0.2) is 14.8 Å². The quantitative estimate of drug-likeness (QED) is 0.615. The van der Waals surface area contributed by atoms with E-state index in [1.807, 2.05) is 11.6 Å². The van der Waals surface area contributed by atoms with Crippen LogP contribution in [0.25, 0.3) is 0 Å². The normalized spacial score (nSPS) is 13.8. The molecule has 1 rings (SSSR count). The van der Waals surface area contributed by atoms with Crippen molar-refractivity contribution in [3.63, 3.8) is 0 Å². The van der Waals surface area contributed by atoms with Crippen molar-refractivity contribution in [2.45, 2.75) is 37.7 Å². The number of halogens is 1. The van der Waals surface area contributed by atoms with E-state index in [1.165, 1.54) is 0 Å². The molecule has 1 aromatic heterocycles. The SMILES string of the molecule is Cc1nc(C(C)C)nn1C(C)I. The molecule has 0 aliphatic heterocycles. The van der Waals surface area contributed by atoms with E-state index < -0.39 is 0 Å². The molecular formula is C8H14IN3. The second kappa shape index (κ2) is 3.72. The minimum Gasteiger partial charge on any atom is -0.238 e. The van der Waals surface area contributed by atoms with E-state index in [9.17, 15) is 0 Å². The van der Waals surface area contributed by atoms with Gasteiger partial charge in [0.1, 0.15) is 9.87 Å². The average molecular weight is 279 g/mol. The smallest absolute Gasteiger partial charge is 0.153 e. The molecule has 1 unspecified atom stereocenters. The molecule has 0 N–H and O–H groups in total. The van der Waals surface area contributed by atoms with E-state index >= 15 is 0 Å². The van der Waals surface area contributed by atoms with Gasteiger partial charge in [-0.3, -0.25) is 0 Å². The molecule has 4 heteroatoms. The number of rotatable bonds is 2. The third kappa shape index (κ3) is 1.97. The van der Waals surface area contributed by atoms with Gasteiger partial charge in [-0.15, -0.1) is 0 Å². The molecule has 1 heterocycles. The van der Waals surface area contributed by atoms with Crippen molar-refractivity contribution in [2.24, 2.45) is 0 Å². The van der Waals surface area contributed by atoms with Crippen LogP contribution in [0.1, 0.15) is 42.4 Å². The first-order valence-electron chi connectivity index (χ1n) is 4.09. The van der Waals surface area contributed by atoms with E-state index in [-0.39, 0.29) is 0 Å². The average Bonchev–Trinajstić information content (AvgIpc) is 2.30. The summed E-state index contributed by atoms with van der Waals surface area (Å²) < 4.78 is 2.33. The zero-order chi connectivity index (χ0) is 9.30. The minimum atomic E-state index is 0.377. The van der Waals surface area contributed by atoms with Crippen LogP contribution in [0, 0.1) is 6.92 Å². The summed E-state index contributed by atoms with van der Waals surface area (Å²) in [5.74, 6) is 2.36. The molecule has 1 atom stereocenters. The Morgan fingerprint density at radius 3 is 2.17 bits per heavy atom. The molecule has 0 aliphatic carbocycles. The topological polar surface area (TPSA) is 30.7 Å². The fourth-order valence-electron chi connectivity index (χ4n) is 1.00. The molecule has 0 aliphatic rings. The van der Waals surface area contributed by atoms with Gasteiger partial charge >= 0.3 is 0 Å². The monoisotopic (exact) mass is 279 g/mol. The van der Waals surface area contributed by atoms with Gasteiger partial charge in [-0.2, -0.15) is 5.10 Å². The maximum absolute atomic E-state index is 4.41. The molecule has 0 radical (unpaired) electrons. The van der Waals surface area contributed by atoms with Crippen LogP contribution in [-0.2, 0) is 0 Å². The molecule has 3 nitrogen and oxygen atoms in total. The highest BCUT2D eigenvalue weighted by atomic mass is 127. The van der Waals surface area contributed by atoms with Crippen molar-refractivity contribution >= 4 is 22.6 Å². The lowest BCUT2D eigenvalue weighted by Crippen LogP contribution is -2.02. The van der Waals surface area contributed by atoms with Crippen LogP contribution in [0.15, 0.2) is 0 Å². The van der Waals surface area contributed by atoms with Crippen LogP contribution in [0.2, 0.25) is 0 Å². The predicted octanol–water partition coefficient (Wildman–Crippen LogP) is 2.66. The summed E-state index contributed by atoms with van der Waals surface area (Å²) in [6, 6.07) is 0. The summed E-state index contributed by atoms with van der Waals surface area (Å²) in [6.45, 7) is 8.31. The zero-order valence-electron chi connectivity index (χ0n) is 7.87. The zero-order valence-corrected chi connectivity index (χ0v) is 10.0. The Balaban J connectivity index is 3.00. The third-order valence-electron chi connectivity index (χ3n) is 1.67. The molecule has 0 amide bonds. The molecule has 0 aromatic carbocycles. The Kier molecular flexibility index (Phi) is 3.09. The number of aryl methyl sites for hydroxylation is 1. The van der Waals surface area contributed by atoms with Crippen LogP contribution in [0.4, 0.5) is 0 Å². The Morgan fingerprint density at radius 2 is 1.92 bits per heavy atom. The van der Waals surface area contributed by atoms with Gasteiger partial charge in [-0.1, -0.05) is 36.4 Å². The summed E-state index contributed by atoms with van der Waals surface area (Å²) in [4.78, 5) is 4.38. The molecular weight excluding hydrogens is 265 g/mol. The van der Waals surface area contributed by atoms with Crippen molar-refractivity contribution in [1.82, 2.24) is 14.8 Å². The molecule has 0 saturated carbocycles. The summed E-state index contributed by atoms with van der Waals surface area (Å²) in [5.41, 5.74) is 0. The van der Waals surface area contributed by atoms with Crippen molar-refractivity contribution in [3.05, 3.63) is 11.6 Å². The largest absolute Gasteiger partial charge is 0.238 e. The standard InChI is InChI=1S/C8H14IN3/c1-5(2)8-10-7(4)12(11-8)6(3)9/h5-6H,1-4H3. The van der Waals surface area contributed by atoms with Crippen molar-refractivity contribution < 1.29 is 0 Å². The van der Waals surface area contributed by atoms with Crippen LogP contribution in [0.3, 0.4) is 0 Å². The van der Waals surface area contributed by atoms with E-state index in [0.29, 0.717) is 9.97 Å². The number of hydrogen-bond donors (Lipinski definition) is 0. The minimum absolute atomic E-state index is 0.377. The van der Waals surface area contributed by atoms with Crippen LogP contribution >= 0.6 is 22.6 Å². The molecule has 0 fully saturated rings. The van der Waals surface area contributed by atoms with Gasteiger partial charge in [0.15, 0.2) is 5.82 Å². The fraction of sp³-hybridized carbons (Fsp3) is 0.750. The lowest BCUT2D eigenvalue weighted by atomic mass is 10.2. The Labute approximate surface area is 86.7 Å². The number of aromatic nitrogens is 3. The molecule has 12 heavy (non-hydrogen) atoms. The van der Waals surface area contributed by atoms with Gasteiger partial charge < -0.3 is 0 Å². The van der Waals surface area contributed by atoms with E-state index in [1.54, 1.807) is 0 Å². The van der Waals surface area contributed by atoms with Gasteiger partial charge in [0, 0.05) is 5.92 Å². The predicted molar refractivity (Wildman–Crippen MR) is 57.6 cm³/mol. The summed E-state index contributed by atoms with van der Waals surface area (Å²) in [5, 5.41) is 4.41. The molecule has 0 spiro atoms. The lowest BCUT2D eigenvalue weighted by molar-refractivity contribution is 0.624. The van der Waals surface area contributed by atoms with Gasteiger partial charge in [-0.25, -0.2) is 9.67 Å². The highest BCUT2D eigenvalue weighted by Gasteiger charge is 2.11. The summed E-state index contributed by atoms with van der Waals surface area (Å²) >= 11 is 2.33. The fourth-order valence-corrected chi connectivity index (χ4v) is 1.53. The van der Waals surface area contributed by atoms with E-state index in [4.69, 9.17) is 0 Å². The third-order valence-corrected chi connectivity index (χ3v) is 2.20. The van der Waals surface area contributed by atoms with Crippen molar-refractivity contribution in [2.75, 3.05) is 0 Å². The lowest BCUT2D eigenvalue weighted by Gasteiger charge is -2.03. The second-order valence-electron chi connectivity index (χ2n) is 3.19. The van der Waals surface area contributed by atoms with Crippen LogP contribution in [0.5, 0.6) is 0 Å². The van der Waals surface area contributed by atoms with Gasteiger partial charge in [0.25, 0.3) is 0 Å². The molecule has 0 saturated heterocycles. The summed E-state index contributed by atoms with van der Waals surface area (Å²) in [6.07, 6.45) is 0. The molecule has 1 aromatic rings. The number of alkyl halides is 1. The maximum Gasteiger partial charge on any atom is 0.153 e. The first-order valence-corrected chi connectivity index (χ1v) is 5.34. The first kappa shape index (κ1) is 9.95. The Bertz CT molecular complexity index is 265. The maximum atomic E-state index is 4.41. The van der Waals surface area contributed by atoms with E-state index in [2.05, 4.69) is 53.4 Å². The molecule has 0 bridgehead atoms. The highest BCUT2D eigenvalue weighted by molar-refractivity contribution is 14.1. The second-order valence-corrected chi connectivity index (χ2v) is 4.99. The van der Waals surface area contributed by atoms with Crippen LogP contribution < -0.4 is 0 Å². The first-order chi connectivity index (χ1) is 5.52. The van der Waals surface area contributed by atoms with Gasteiger partial charge in [0.05, 0.1) is 0 Å². The van der Waals surface area contributed by atoms with Gasteiger partial charge in [0.2, 0.25) is 0 Å². The Hall–Kier alpha value is -0.130. The Morgan fingerprint density at radius 1 is 1.33 bits per heavy atom. The number of hydrogen-bond acceptors (Lipinski definition) is 2. The summed E-state index contributed by atoms with van der Waals surface area (Å²) in [7, 11) is 0. The number of nitrogens with zero attached hydrogens (tertiary/aromatic N) is 3. The van der Waals surface area contributed by atoms with E-state index in [0.717, 1.165) is 11.6 Å². The highest BCUT2D eigenvalue weighted by Crippen LogP contribution is 2.17.